The summed E-state index contributed by atoms with van der Waals surface area (Å²) in [5.74, 6) is 0. The summed E-state index contributed by atoms with van der Waals surface area (Å²) < 4.78 is 0. The van der Waals surface area contributed by atoms with E-state index >= 15 is 0 Å². The monoisotopic (exact) mass is 284 g/mol. The van der Waals surface area contributed by atoms with Gasteiger partial charge in [-0.15, -0.1) is 0 Å². The lowest BCUT2D eigenvalue weighted by Crippen LogP contribution is -2.25. The molecule has 0 saturated carbocycles. The second-order valence-corrected chi connectivity index (χ2v) is 5.28. The first-order valence-electron chi connectivity index (χ1n) is 6.87. The van der Waals surface area contributed by atoms with Crippen LogP contribution in [-0.2, 0) is 13.0 Å². The second kappa shape index (κ2) is 5.18. The van der Waals surface area contributed by atoms with Gasteiger partial charge in [-0.3, -0.25) is 10.1 Å². The molecular formula is C16H16N2O3. The molecule has 0 radical (unpaired) electrons. The maximum absolute atomic E-state index is 10.9. The molecule has 21 heavy (non-hydrogen) atoms. The number of hydrogen-bond donors (Lipinski definition) is 1. The lowest BCUT2D eigenvalue weighted by molar-refractivity contribution is -0.384. The van der Waals surface area contributed by atoms with Crippen molar-refractivity contribution >= 4 is 17.1 Å². The fourth-order valence-electron chi connectivity index (χ4n) is 2.98. The molecule has 2 aromatic rings. The lowest BCUT2D eigenvalue weighted by Gasteiger charge is -2.27. The Morgan fingerprint density at radius 2 is 2.05 bits per heavy atom. The van der Waals surface area contributed by atoms with Crippen molar-refractivity contribution < 1.29 is 10.0 Å². The van der Waals surface area contributed by atoms with Crippen LogP contribution in [0.25, 0.3) is 0 Å². The van der Waals surface area contributed by atoms with Gasteiger partial charge in [0.2, 0.25) is 0 Å². The van der Waals surface area contributed by atoms with Crippen LogP contribution in [0.3, 0.4) is 0 Å². The van der Waals surface area contributed by atoms with Crippen molar-refractivity contribution in [3.05, 3.63) is 63.7 Å². The number of non-ortho nitro benzene ring substituents is 1. The van der Waals surface area contributed by atoms with E-state index in [-0.39, 0.29) is 18.3 Å². The maximum atomic E-state index is 10.9. The van der Waals surface area contributed by atoms with Crippen LogP contribution in [0.15, 0.2) is 42.5 Å². The molecule has 1 heterocycles. The Bertz CT molecular complexity index is 700. The zero-order valence-corrected chi connectivity index (χ0v) is 11.7. The molecule has 0 fully saturated rings. The van der Waals surface area contributed by atoms with Crippen molar-refractivity contribution in [1.82, 2.24) is 0 Å². The van der Waals surface area contributed by atoms with Crippen molar-refractivity contribution in [2.45, 2.75) is 26.0 Å². The summed E-state index contributed by atoms with van der Waals surface area (Å²) in [4.78, 5) is 12.6. The number of hydrogen-bond acceptors (Lipinski definition) is 4. The molecule has 1 aliphatic rings. The molecular weight excluding hydrogens is 268 g/mol. The zero-order valence-electron chi connectivity index (χ0n) is 11.7. The number of rotatable bonds is 3. The number of fused-ring (bicyclic) bond motifs is 1. The number of nitro groups is 1. The Morgan fingerprint density at radius 3 is 2.76 bits per heavy atom. The highest BCUT2D eigenvalue weighted by atomic mass is 16.6. The Morgan fingerprint density at radius 1 is 1.29 bits per heavy atom. The number of aliphatic hydroxyl groups excluding tert-OH is 1. The summed E-state index contributed by atoms with van der Waals surface area (Å²) in [5, 5.41) is 20.4. The topological polar surface area (TPSA) is 66.6 Å². The molecule has 0 spiro atoms. The number of para-hydroxylation sites is 1. The number of benzene rings is 2. The van der Waals surface area contributed by atoms with E-state index in [2.05, 4.69) is 17.9 Å². The van der Waals surface area contributed by atoms with Crippen LogP contribution in [-0.4, -0.2) is 16.1 Å². The van der Waals surface area contributed by atoms with Gasteiger partial charge < -0.3 is 10.0 Å². The Hall–Kier alpha value is -2.40. The molecule has 0 bridgehead atoms. The molecule has 3 rings (SSSR count). The molecule has 5 nitrogen and oxygen atoms in total. The predicted molar refractivity (Wildman–Crippen MR) is 80.8 cm³/mol. The summed E-state index contributed by atoms with van der Waals surface area (Å²) in [7, 11) is 0. The first kappa shape index (κ1) is 13.6. The summed E-state index contributed by atoms with van der Waals surface area (Å²) in [6.45, 7) is 1.89. The summed E-state index contributed by atoms with van der Waals surface area (Å²) in [5.41, 5.74) is 3.78. The van der Waals surface area contributed by atoms with Crippen LogP contribution in [0.4, 0.5) is 17.1 Å². The van der Waals surface area contributed by atoms with E-state index < -0.39 is 4.92 Å². The minimum atomic E-state index is -0.440. The molecule has 0 aromatic heterocycles. The van der Waals surface area contributed by atoms with Crippen LogP contribution >= 0.6 is 0 Å². The first-order chi connectivity index (χ1) is 10.1. The van der Waals surface area contributed by atoms with E-state index in [1.54, 1.807) is 6.07 Å². The second-order valence-electron chi connectivity index (χ2n) is 5.28. The Kier molecular flexibility index (Phi) is 3.35. The maximum Gasteiger partial charge on any atom is 0.269 e. The highest BCUT2D eigenvalue weighted by molar-refractivity contribution is 5.74. The number of nitrogens with zero attached hydrogens (tertiary/aromatic N) is 2. The van der Waals surface area contributed by atoms with Gasteiger partial charge in [0.05, 0.1) is 11.5 Å². The molecule has 1 N–H and O–H groups in total. The first-order valence-corrected chi connectivity index (χ1v) is 6.87. The van der Waals surface area contributed by atoms with E-state index in [0.717, 1.165) is 17.8 Å². The third-order valence-electron chi connectivity index (χ3n) is 3.91. The normalized spacial score (nSPS) is 16.9. The molecule has 5 heteroatoms. The predicted octanol–water partition coefficient (Wildman–Crippen LogP) is 3.17. The molecule has 108 valence electrons. The average Bonchev–Trinajstić information content (AvgIpc) is 2.82. The van der Waals surface area contributed by atoms with Gasteiger partial charge in [0.25, 0.3) is 5.69 Å². The van der Waals surface area contributed by atoms with Gasteiger partial charge in [-0.05, 0) is 31.0 Å². The van der Waals surface area contributed by atoms with Crippen molar-refractivity contribution in [3.63, 3.8) is 0 Å². The van der Waals surface area contributed by atoms with Gasteiger partial charge in [-0.2, -0.15) is 0 Å². The molecule has 0 amide bonds. The Balaban J connectivity index is 2.10. The molecule has 1 atom stereocenters. The van der Waals surface area contributed by atoms with Crippen molar-refractivity contribution in [2.75, 3.05) is 4.90 Å². The van der Waals surface area contributed by atoms with Gasteiger partial charge in [0.1, 0.15) is 0 Å². The van der Waals surface area contributed by atoms with Crippen LogP contribution in [0, 0.1) is 10.1 Å². The van der Waals surface area contributed by atoms with Crippen LogP contribution in [0.5, 0.6) is 0 Å². The average molecular weight is 284 g/mol. The van der Waals surface area contributed by atoms with E-state index in [0.29, 0.717) is 5.56 Å². The molecule has 2 aromatic carbocycles. The van der Waals surface area contributed by atoms with E-state index in [9.17, 15) is 15.2 Å². The molecule has 1 unspecified atom stereocenters. The number of aliphatic hydroxyl groups is 1. The molecule has 1 aliphatic heterocycles. The Labute approximate surface area is 122 Å². The van der Waals surface area contributed by atoms with Gasteiger partial charge >= 0.3 is 0 Å². The van der Waals surface area contributed by atoms with Crippen LogP contribution < -0.4 is 4.90 Å². The minimum absolute atomic E-state index is 0.00272. The standard InChI is InChI=1S/C16H16N2O3/c1-11-8-12-4-2-3-5-15(12)17(11)16-7-6-14(18(20)21)9-13(16)10-19/h2-7,9,11,19H,8,10H2,1H3. The number of anilines is 2. The highest BCUT2D eigenvalue weighted by Gasteiger charge is 2.28. The van der Waals surface area contributed by atoms with Crippen molar-refractivity contribution in [1.29, 1.82) is 0 Å². The lowest BCUT2D eigenvalue weighted by atomic mass is 10.1. The third-order valence-corrected chi connectivity index (χ3v) is 3.91. The van der Waals surface area contributed by atoms with Crippen molar-refractivity contribution in [3.8, 4) is 0 Å². The zero-order chi connectivity index (χ0) is 15.0. The SMILES string of the molecule is CC1Cc2ccccc2N1c1ccc([N+](=O)[O-])cc1CO. The quantitative estimate of drug-likeness (QED) is 0.694. The van der Waals surface area contributed by atoms with Gasteiger partial charge in [0, 0.05) is 35.1 Å². The van der Waals surface area contributed by atoms with Crippen molar-refractivity contribution in [2.24, 2.45) is 0 Å². The molecule has 0 saturated heterocycles. The minimum Gasteiger partial charge on any atom is -0.392 e. The summed E-state index contributed by atoms with van der Waals surface area (Å²) in [6, 6.07) is 13.0. The summed E-state index contributed by atoms with van der Waals surface area (Å²) >= 11 is 0. The fourth-order valence-corrected chi connectivity index (χ4v) is 2.98. The highest BCUT2D eigenvalue weighted by Crippen LogP contribution is 2.40. The van der Waals surface area contributed by atoms with Crippen LogP contribution in [0.1, 0.15) is 18.1 Å². The fraction of sp³-hybridized carbons (Fsp3) is 0.250. The van der Waals surface area contributed by atoms with Gasteiger partial charge in [-0.25, -0.2) is 0 Å². The largest absolute Gasteiger partial charge is 0.392 e. The van der Waals surface area contributed by atoms with Gasteiger partial charge in [0.15, 0.2) is 0 Å². The molecule has 0 aliphatic carbocycles. The summed E-state index contributed by atoms with van der Waals surface area (Å²) in [6.07, 6.45) is 0.929. The van der Waals surface area contributed by atoms with E-state index in [1.807, 2.05) is 18.2 Å². The van der Waals surface area contributed by atoms with E-state index in [4.69, 9.17) is 0 Å². The van der Waals surface area contributed by atoms with E-state index in [1.165, 1.54) is 17.7 Å². The third kappa shape index (κ3) is 2.25. The van der Waals surface area contributed by atoms with Crippen LogP contribution in [0.2, 0.25) is 0 Å². The smallest absolute Gasteiger partial charge is 0.269 e. The number of nitro benzene ring substituents is 1. The van der Waals surface area contributed by atoms with Gasteiger partial charge in [-0.1, -0.05) is 18.2 Å².